The number of amides is 1. The highest BCUT2D eigenvalue weighted by Crippen LogP contribution is 2.30. The zero-order chi connectivity index (χ0) is 17.7. The molecule has 4 nitrogen and oxygen atoms in total. The zero-order valence-corrected chi connectivity index (χ0v) is 13.1. The van der Waals surface area contributed by atoms with Crippen LogP contribution in [0.15, 0.2) is 42.5 Å². The molecule has 7 heteroatoms. The quantitative estimate of drug-likeness (QED) is 0.899. The van der Waals surface area contributed by atoms with Crippen molar-refractivity contribution < 1.29 is 27.4 Å². The third kappa shape index (κ3) is 4.41. The van der Waals surface area contributed by atoms with Crippen molar-refractivity contribution in [3.8, 4) is 11.5 Å². The topological polar surface area (TPSA) is 47.6 Å². The summed E-state index contributed by atoms with van der Waals surface area (Å²) in [6.07, 6.45) is -4.63. The Labute approximate surface area is 137 Å². The van der Waals surface area contributed by atoms with Gasteiger partial charge in [0.25, 0.3) is 0 Å². The van der Waals surface area contributed by atoms with Gasteiger partial charge in [-0.3, -0.25) is 4.79 Å². The van der Waals surface area contributed by atoms with Gasteiger partial charge >= 0.3 is 6.18 Å². The van der Waals surface area contributed by atoms with E-state index in [2.05, 4.69) is 5.32 Å². The van der Waals surface area contributed by atoms with E-state index in [-0.39, 0.29) is 12.0 Å². The van der Waals surface area contributed by atoms with Crippen molar-refractivity contribution in [3.05, 3.63) is 53.6 Å². The number of halogens is 3. The second kappa shape index (κ2) is 7.25. The molecule has 0 atom stereocenters. The lowest BCUT2D eigenvalue weighted by Gasteiger charge is -2.12. The Balaban J connectivity index is 2.14. The fraction of sp³-hybridized carbons (Fsp3) is 0.235. The Hall–Kier alpha value is -2.70. The zero-order valence-electron chi connectivity index (χ0n) is 13.1. The molecule has 0 aromatic heterocycles. The van der Waals surface area contributed by atoms with Crippen molar-refractivity contribution in [3.63, 3.8) is 0 Å². The summed E-state index contributed by atoms with van der Waals surface area (Å²) in [6, 6.07) is 9.53. The van der Waals surface area contributed by atoms with Gasteiger partial charge in [-0.25, -0.2) is 0 Å². The Morgan fingerprint density at radius 3 is 2.46 bits per heavy atom. The standard InChI is InChI=1S/C17H16F3NO3/c1-23-13-6-7-15(24-2)14(10-13)21-16(22)9-11-4-3-5-12(8-11)17(18,19)20/h3-8,10H,9H2,1-2H3,(H,21,22). The molecule has 0 aliphatic heterocycles. The van der Waals surface area contributed by atoms with Crippen LogP contribution in [-0.4, -0.2) is 20.1 Å². The van der Waals surface area contributed by atoms with Crippen molar-refractivity contribution in [1.82, 2.24) is 0 Å². The summed E-state index contributed by atoms with van der Waals surface area (Å²) >= 11 is 0. The number of carbonyl (C=O) groups is 1. The molecule has 1 amide bonds. The maximum absolute atomic E-state index is 12.7. The monoisotopic (exact) mass is 339 g/mol. The van der Waals surface area contributed by atoms with E-state index in [0.29, 0.717) is 17.2 Å². The smallest absolute Gasteiger partial charge is 0.416 e. The van der Waals surface area contributed by atoms with Gasteiger partial charge in [0.05, 0.1) is 31.9 Å². The predicted molar refractivity (Wildman–Crippen MR) is 83.3 cm³/mol. The van der Waals surface area contributed by atoms with Crippen LogP contribution in [0.3, 0.4) is 0 Å². The number of hydrogen-bond donors (Lipinski definition) is 1. The SMILES string of the molecule is COc1ccc(OC)c(NC(=O)Cc2cccc(C(F)(F)F)c2)c1. The summed E-state index contributed by atoms with van der Waals surface area (Å²) in [5, 5.41) is 2.62. The fourth-order valence-corrected chi connectivity index (χ4v) is 2.15. The number of benzene rings is 2. The van der Waals surface area contributed by atoms with Crippen LogP contribution in [0.4, 0.5) is 18.9 Å². The van der Waals surface area contributed by atoms with Gasteiger partial charge in [-0.15, -0.1) is 0 Å². The summed E-state index contributed by atoms with van der Waals surface area (Å²) in [5.41, 5.74) is -0.134. The lowest BCUT2D eigenvalue weighted by atomic mass is 10.1. The average molecular weight is 339 g/mol. The molecule has 2 aromatic rings. The van der Waals surface area contributed by atoms with Crippen LogP contribution in [-0.2, 0) is 17.4 Å². The van der Waals surface area contributed by atoms with E-state index in [1.807, 2.05) is 0 Å². The first-order valence-corrected chi connectivity index (χ1v) is 7.01. The van der Waals surface area contributed by atoms with Crippen molar-refractivity contribution in [2.24, 2.45) is 0 Å². The van der Waals surface area contributed by atoms with Gasteiger partial charge in [0, 0.05) is 6.07 Å². The van der Waals surface area contributed by atoms with Gasteiger partial charge in [0.15, 0.2) is 0 Å². The summed E-state index contributed by atoms with van der Waals surface area (Å²) < 4.78 is 48.3. The molecular weight excluding hydrogens is 323 g/mol. The third-order valence-corrected chi connectivity index (χ3v) is 3.30. The van der Waals surface area contributed by atoms with Gasteiger partial charge in [-0.2, -0.15) is 13.2 Å². The van der Waals surface area contributed by atoms with Gasteiger partial charge in [0.2, 0.25) is 5.91 Å². The van der Waals surface area contributed by atoms with Crippen molar-refractivity contribution in [1.29, 1.82) is 0 Å². The van der Waals surface area contributed by atoms with Crippen LogP contribution in [0.1, 0.15) is 11.1 Å². The number of nitrogens with one attached hydrogen (secondary N) is 1. The molecule has 0 radical (unpaired) electrons. The van der Waals surface area contributed by atoms with E-state index in [4.69, 9.17) is 9.47 Å². The maximum atomic E-state index is 12.7. The summed E-state index contributed by atoms with van der Waals surface area (Å²) in [7, 11) is 2.93. The largest absolute Gasteiger partial charge is 0.497 e. The molecule has 24 heavy (non-hydrogen) atoms. The molecule has 0 saturated carbocycles. The highest BCUT2D eigenvalue weighted by molar-refractivity contribution is 5.94. The van der Waals surface area contributed by atoms with Crippen LogP contribution in [0.2, 0.25) is 0 Å². The van der Waals surface area contributed by atoms with Crippen molar-refractivity contribution in [2.75, 3.05) is 19.5 Å². The predicted octanol–water partition coefficient (Wildman–Crippen LogP) is 3.90. The molecule has 128 valence electrons. The number of ether oxygens (including phenoxy) is 2. The Morgan fingerprint density at radius 2 is 1.83 bits per heavy atom. The van der Waals surface area contributed by atoms with E-state index in [9.17, 15) is 18.0 Å². The first-order valence-electron chi connectivity index (χ1n) is 7.01. The minimum absolute atomic E-state index is 0.190. The molecule has 0 fully saturated rings. The molecule has 2 rings (SSSR count). The molecule has 1 N–H and O–H groups in total. The van der Waals surface area contributed by atoms with Crippen LogP contribution >= 0.6 is 0 Å². The number of methoxy groups -OCH3 is 2. The molecule has 0 heterocycles. The van der Waals surface area contributed by atoms with Gasteiger partial charge in [-0.1, -0.05) is 18.2 Å². The lowest BCUT2D eigenvalue weighted by molar-refractivity contribution is -0.137. The van der Waals surface area contributed by atoms with Crippen LogP contribution in [0, 0.1) is 0 Å². The Bertz CT molecular complexity index is 729. The first-order chi connectivity index (χ1) is 11.3. The minimum atomic E-state index is -4.44. The lowest BCUT2D eigenvalue weighted by Crippen LogP contribution is -2.15. The maximum Gasteiger partial charge on any atom is 0.416 e. The first kappa shape index (κ1) is 17.7. The number of anilines is 1. The summed E-state index contributed by atoms with van der Waals surface area (Å²) in [5.74, 6) is 0.485. The molecule has 0 spiro atoms. The second-order valence-corrected chi connectivity index (χ2v) is 4.99. The minimum Gasteiger partial charge on any atom is -0.497 e. The third-order valence-electron chi connectivity index (χ3n) is 3.30. The molecule has 0 bridgehead atoms. The van der Waals surface area contributed by atoms with Crippen LogP contribution in [0.5, 0.6) is 11.5 Å². The number of carbonyl (C=O) groups excluding carboxylic acids is 1. The van der Waals surface area contributed by atoms with Gasteiger partial charge in [-0.05, 0) is 23.8 Å². The molecule has 2 aromatic carbocycles. The van der Waals surface area contributed by atoms with Crippen LogP contribution < -0.4 is 14.8 Å². The number of alkyl halides is 3. The molecular formula is C17H16F3NO3. The van der Waals surface area contributed by atoms with Gasteiger partial charge in [0.1, 0.15) is 11.5 Å². The number of hydrogen-bond acceptors (Lipinski definition) is 3. The normalized spacial score (nSPS) is 11.0. The molecule has 0 aliphatic rings. The Kier molecular flexibility index (Phi) is 5.33. The molecule has 0 aliphatic carbocycles. The Morgan fingerprint density at radius 1 is 1.08 bits per heavy atom. The van der Waals surface area contributed by atoms with E-state index >= 15 is 0 Å². The van der Waals surface area contributed by atoms with Crippen LogP contribution in [0.25, 0.3) is 0 Å². The number of rotatable bonds is 5. The van der Waals surface area contributed by atoms with E-state index in [1.165, 1.54) is 26.4 Å². The van der Waals surface area contributed by atoms with E-state index < -0.39 is 17.6 Å². The van der Waals surface area contributed by atoms with E-state index in [1.54, 1.807) is 18.2 Å². The summed E-state index contributed by atoms with van der Waals surface area (Å²) in [4.78, 5) is 12.1. The van der Waals surface area contributed by atoms with Crippen molar-refractivity contribution in [2.45, 2.75) is 12.6 Å². The molecule has 0 saturated heterocycles. The molecule has 0 unspecified atom stereocenters. The van der Waals surface area contributed by atoms with E-state index in [0.717, 1.165) is 12.1 Å². The fourth-order valence-electron chi connectivity index (χ4n) is 2.15. The average Bonchev–Trinajstić information content (AvgIpc) is 2.54. The highest BCUT2D eigenvalue weighted by atomic mass is 19.4. The summed E-state index contributed by atoms with van der Waals surface area (Å²) in [6.45, 7) is 0. The van der Waals surface area contributed by atoms with Crippen molar-refractivity contribution >= 4 is 11.6 Å². The highest BCUT2D eigenvalue weighted by Gasteiger charge is 2.30. The second-order valence-electron chi connectivity index (χ2n) is 4.99. The van der Waals surface area contributed by atoms with Gasteiger partial charge < -0.3 is 14.8 Å².